The molecule has 0 atom stereocenters. The molecule has 1 amide bonds. The van der Waals surface area contributed by atoms with Gasteiger partial charge >= 0.3 is 0 Å². The SMILES string of the molecule is C=CCOc1ccc(/C=N\NC(=O)CN(c2cccc(OC)c2)S(=O)(=O)c2ccc(C)cc2)cc1OCC. The lowest BCUT2D eigenvalue weighted by Gasteiger charge is -2.24. The molecule has 0 saturated heterocycles. The van der Waals surface area contributed by atoms with Crippen LogP contribution in [0.15, 0.2) is 89.4 Å². The lowest BCUT2D eigenvalue weighted by molar-refractivity contribution is -0.119. The third-order valence-corrected chi connectivity index (χ3v) is 7.05. The Labute approximate surface area is 223 Å². The quantitative estimate of drug-likeness (QED) is 0.198. The normalized spacial score (nSPS) is 11.1. The lowest BCUT2D eigenvalue weighted by Crippen LogP contribution is -2.39. The Bertz CT molecular complexity index is 1390. The number of ether oxygens (including phenoxy) is 3. The van der Waals surface area contributed by atoms with Crippen molar-refractivity contribution in [1.82, 2.24) is 5.43 Å². The Kier molecular flexibility index (Phi) is 9.89. The monoisotopic (exact) mass is 537 g/mol. The number of nitrogens with one attached hydrogen (secondary N) is 1. The van der Waals surface area contributed by atoms with Crippen LogP contribution in [0.4, 0.5) is 5.69 Å². The van der Waals surface area contributed by atoms with Crippen LogP contribution in [0.1, 0.15) is 18.1 Å². The summed E-state index contributed by atoms with van der Waals surface area (Å²) in [5.74, 6) is 0.910. The van der Waals surface area contributed by atoms with Gasteiger partial charge in [-0.1, -0.05) is 36.4 Å². The number of sulfonamides is 1. The molecule has 0 aliphatic rings. The van der Waals surface area contributed by atoms with Gasteiger partial charge in [-0.3, -0.25) is 9.10 Å². The molecule has 38 heavy (non-hydrogen) atoms. The highest BCUT2D eigenvalue weighted by Gasteiger charge is 2.27. The Hall–Kier alpha value is -4.31. The number of methoxy groups -OCH3 is 1. The predicted octanol–water partition coefficient (Wildman–Crippen LogP) is 4.31. The summed E-state index contributed by atoms with van der Waals surface area (Å²) >= 11 is 0. The first-order valence-corrected chi connectivity index (χ1v) is 13.3. The minimum atomic E-state index is -4.06. The third kappa shape index (κ3) is 7.36. The fraction of sp³-hybridized carbons (Fsp3) is 0.214. The van der Waals surface area contributed by atoms with E-state index < -0.39 is 22.5 Å². The minimum absolute atomic E-state index is 0.0597. The summed E-state index contributed by atoms with van der Waals surface area (Å²) in [5.41, 5.74) is 4.24. The average Bonchev–Trinajstić information content (AvgIpc) is 2.91. The summed E-state index contributed by atoms with van der Waals surface area (Å²) in [7, 11) is -2.58. The summed E-state index contributed by atoms with van der Waals surface area (Å²) in [6.45, 7) is 7.63. The van der Waals surface area contributed by atoms with Gasteiger partial charge in [0.1, 0.15) is 18.9 Å². The maximum atomic E-state index is 13.5. The van der Waals surface area contributed by atoms with Crippen LogP contribution in [0.3, 0.4) is 0 Å². The second kappa shape index (κ2) is 13.3. The van der Waals surface area contributed by atoms with Crippen LogP contribution in [0.2, 0.25) is 0 Å². The molecule has 10 heteroatoms. The molecule has 0 aliphatic carbocycles. The first-order chi connectivity index (χ1) is 18.3. The molecule has 0 radical (unpaired) electrons. The van der Waals surface area contributed by atoms with Crippen molar-refractivity contribution in [3.8, 4) is 17.2 Å². The van der Waals surface area contributed by atoms with E-state index in [1.165, 1.54) is 25.5 Å². The summed E-state index contributed by atoms with van der Waals surface area (Å²) in [6.07, 6.45) is 3.07. The van der Waals surface area contributed by atoms with E-state index in [2.05, 4.69) is 17.1 Å². The molecule has 3 aromatic rings. The Balaban J connectivity index is 1.81. The maximum absolute atomic E-state index is 13.5. The average molecular weight is 538 g/mol. The zero-order valence-electron chi connectivity index (χ0n) is 21.6. The summed E-state index contributed by atoms with van der Waals surface area (Å²) in [6, 6.07) is 18.1. The molecule has 0 aliphatic heterocycles. The molecule has 9 nitrogen and oxygen atoms in total. The van der Waals surface area contributed by atoms with Gasteiger partial charge < -0.3 is 14.2 Å². The molecular formula is C28H31N3O6S. The summed E-state index contributed by atoms with van der Waals surface area (Å²) in [5, 5.41) is 4.00. The van der Waals surface area contributed by atoms with Gasteiger partial charge in [0, 0.05) is 6.07 Å². The first-order valence-electron chi connectivity index (χ1n) is 11.8. The number of aryl methyl sites for hydroxylation is 1. The smallest absolute Gasteiger partial charge is 0.264 e. The van der Waals surface area contributed by atoms with E-state index >= 15 is 0 Å². The van der Waals surface area contributed by atoms with Crippen molar-refractivity contribution in [2.75, 3.05) is 31.2 Å². The zero-order valence-corrected chi connectivity index (χ0v) is 22.4. The third-order valence-electron chi connectivity index (χ3n) is 5.26. The number of hydrazone groups is 1. The van der Waals surface area contributed by atoms with Crippen molar-refractivity contribution in [2.45, 2.75) is 18.7 Å². The van der Waals surface area contributed by atoms with E-state index in [9.17, 15) is 13.2 Å². The van der Waals surface area contributed by atoms with Gasteiger partial charge in [0.2, 0.25) is 0 Å². The number of amides is 1. The van der Waals surface area contributed by atoms with E-state index in [0.717, 1.165) is 9.87 Å². The van der Waals surface area contributed by atoms with Crippen LogP contribution in [0.5, 0.6) is 17.2 Å². The van der Waals surface area contributed by atoms with Crippen molar-refractivity contribution < 1.29 is 27.4 Å². The molecule has 0 unspecified atom stereocenters. The van der Waals surface area contributed by atoms with Crippen molar-refractivity contribution in [2.24, 2.45) is 5.10 Å². The fourth-order valence-electron chi connectivity index (χ4n) is 3.40. The molecule has 0 bridgehead atoms. The topological polar surface area (TPSA) is 107 Å². The molecule has 3 aromatic carbocycles. The second-order valence-corrected chi connectivity index (χ2v) is 9.92. The van der Waals surface area contributed by atoms with Crippen LogP contribution >= 0.6 is 0 Å². The van der Waals surface area contributed by atoms with Crippen molar-refractivity contribution in [1.29, 1.82) is 0 Å². The zero-order chi connectivity index (χ0) is 27.5. The van der Waals surface area contributed by atoms with Gasteiger partial charge in [-0.05, 0) is 61.9 Å². The molecular weight excluding hydrogens is 506 g/mol. The largest absolute Gasteiger partial charge is 0.497 e. The van der Waals surface area contributed by atoms with E-state index in [0.29, 0.717) is 36.0 Å². The first kappa shape index (κ1) is 28.3. The van der Waals surface area contributed by atoms with Crippen molar-refractivity contribution in [3.05, 3.63) is 90.5 Å². The Morgan fingerprint density at radius 2 is 1.82 bits per heavy atom. The van der Waals surface area contributed by atoms with Crippen LogP contribution in [-0.2, 0) is 14.8 Å². The van der Waals surface area contributed by atoms with Crippen molar-refractivity contribution in [3.63, 3.8) is 0 Å². The van der Waals surface area contributed by atoms with Crippen LogP contribution in [0.25, 0.3) is 0 Å². The van der Waals surface area contributed by atoms with E-state index in [1.54, 1.807) is 60.7 Å². The van der Waals surface area contributed by atoms with Gasteiger partial charge in [0.05, 0.1) is 30.5 Å². The minimum Gasteiger partial charge on any atom is -0.497 e. The Morgan fingerprint density at radius 3 is 2.50 bits per heavy atom. The number of carbonyl (C=O) groups is 1. The number of nitrogens with zero attached hydrogens (tertiary/aromatic N) is 2. The highest BCUT2D eigenvalue weighted by Crippen LogP contribution is 2.29. The molecule has 0 heterocycles. The van der Waals surface area contributed by atoms with Crippen LogP contribution in [-0.4, -0.2) is 47.4 Å². The standard InChI is InChI=1S/C28H31N3O6S/c1-5-16-37-26-15-12-22(17-27(26)36-6-2)19-29-30-28(32)20-31(23-8-7-9-24(18-23)35-4)38(33,34)25-13-10-21(3)11-14-25/h5,7-15,17-19H,1,6,16,20H2,2-4H3,(H,30,32)/b29-19-. The number of hydrogen-bond acceptors (Lipinski definition) is 7. The van der Waals surface area contributed by atoms with E-state index in [1.807, 2.05) is 13.8 Å². The predicted molar refractivity (Wildman–Crippen MR) is 148 cm³/mol. The van der Waals surface area contributed by atoms with E-state index in [4.69, 9.17) is 14.2 Å². The second-order valence-electron chi connectivity index (χ2n) is 8.06. The molecule has 200 valence electrons. The fourth-order valence-corrected chi connectivity index (χ4v) is 4.82. The van der Waals surface area contributed by atoms with Crippen LogP contribution in [0, 0.1) is 6.92 Å². The molecule has 0 saturated carbocycles. The Morgan fingerprint density at radius 1 is 1.05 bits per heavy atom. The van der Waals surface area contributed by atoms with Gasteiger partial charge in [-0.25, -0.2) is 13.8 Å². The summed E-state index contributed by atoms with van der Waals surface area (Å²) in [4.78, 5) is 12.9. The van der Waals surface area contributed by atoms with E-state index in [-0.39, 0.29) is 10.6 Å². The summed E-state index contributed by atoms with van der Waals surface area (Å²) < 4.78 is 44.5. The van der Waals surface area contributed by atoms with Gasteiger partial charge in [0.25, 0.3) is 15.9 Å². The molecule has 0 spiro atoms. The number of rotatable bonds is 13. The number of anilines is 1. The number of hydrogen-bond donors (Lipinski definition) is 1. The number of carbonyl (C=O) groups excluding carboxylic acids is 1. The highest BCUT2D eigenvalue weighted by molar-refractivity contribution is 7.92. The molecule has 0 aromatic heterocycles. The lowest BCUT2D eigenvalue weighted by atomic mass is 10.2. The van der Waals surface area contributed by atoms with Gasteiger partial charge in [-0.2, -0.15) is 5.10 Å². The maximum Gasteiger partial charge on any atom is 0.264 e. The molecule has 0 fully saturated rings. The van der Waals surface area contributed by atoms with Crippen LogP contribution < -0.4 is 23.9 Å². The highest BCUT2D eigenvalue weighted by atomic mass is 32.2. The van der Waals surface area contributed by atoms with Gasteiger partial charge in [0.15, 0.2) is 11.5 Å². The molecule has 3 rings (SSSR count). The van der Waals surface area contributed by atoms with Crippen molar-refractivity contribution >= 4 is 27.8 Å². The van der Waals surface area contributed by atoms with Gasteiger partial charge in [-0.15, -0.1) is 0 Å². The molecule has 1 N–H and O–H groups in total. The number of benzene rings is 3.